The number of nitrogens with one attached hydrogen (secondary N) is 1. The summed E-state index contributed by atoms with van der Waals surface area (Å²) in [5.74, 6) is -0.396. The van der Waals surface area contributed by atoms with Crippen molar-refractivity contribution in [3.63, 3.8) is 0 Å². The Morgan fingerprint density at radius 3 is 2.60 bits per heavy atom. The third kappa shape index (κ3) is 6.89. The summed E-state index contributed by atoms with van der Waals surface area (Å²) >= 11 is 0. The van der Waals surface area contributed by atoms with Gasteiger partial charge in [0.25, 0.3) is 0 Å². The minimum atomic E-state index is -0.317. The van der Waals surface area contributed by atoms with Crippen LogP contribution < -0.4 is 5.32 Å². The van der Waals surface area contributed by atoms with Crippen molar-refractivity contribution in [3.05, 3.63) is 35.9 Å². The molecule has 1 atom stereocenters. The number of hydrogen-bond donors (Lipinski definition) is 1. The average Bonchev–Trinajstić information content (AvgIpc) is 2.46. The van der Waals surface area contributed by atoms with Crippen LogP contribution in [0.3, 0.4) is 0 Å². The predicted molar refractivity (Wildman–Crippen MR) is 74.7 cm³/mol. The molecule has 1 amide bonds. The summed E-state index contributed by atoms with van der Waals surface area (Å²) in [4.78, 5) is 22.6. The van der Waals surface area contributed by atoms with E-state index in [1.54, 1.807) is 13.8 Å². The van der Waals surface area contributed by atoms with Crippen molar-refractivity contribution < 1.29 is 19.1 Å². The summed E-state index contributed by atoms with van der Waals surface area (Å²) in [6.45, 7) is 3.90. The zero-order valence-electron chi connectivity index (χ0n) is 11.9. The van der Waals surface area contributed by atoms with E-state index in [1.165, 1.54) is 0 Å². The van der Waals surface area contributed by atoms with Crippen LogP contribution in [0.2, 0.25) is 0 Å². The molecular weight excluding hydrogens is 258 g/mol. The van der Waals surface area contributed by atoms with E-state index in [-0.39, 0.29) is 37.7 Å². The van der Waals surface area contributed by atoms with Crippen molar-refractivity contribution in [2.24, 2.45) is 0 Å². The lowest BCUT2D eigenvalue weighted by molar-refractivity contribution is -0.148. The van der Waals surface area contributed by atoms with Crippen LogP contribution in [-0.4, -0.2) is 24.7 Å². The smallest absolute Gasteiger partial charge is 0.308 e. The van der Waals surface area contributed by atoms with Crippen LogP contribution in [0.4, 0.5) is 0 Å². The van der Waals surface area contributed by atoms with Gasteiger partial charge in [0.2, 0.25) is 5.91 Å². The van der Waals surface area contributed by atoms with E-state index in [1.807, 2.05) is 30.3 Å². The van der Waals surface area contributed by atoms with Crippen LogP contribution in [0.25, 0.3) is 0 Å². The van der Waals surface area contributed by atoms with Crippen LogP contribution in [0.15, 0.2) is 30.3 Å². The first-order valence-corrected chi connectivity index (χ1v) is 6.69. The largest absolute Gasteiger partial charge is 0.461 e. The van der Waals surface area contributed by atoms with Gasteiger partial charge in [0, 0.05) is 6.42 Å². The molecule has 0 aliphatic rings. The molecule has 0 aliphatic carbocycles. The second-order valence-corrected chi connectivity index (χ2v) is 4.43. The number of rotatable bonds is 8. The molecule has 0 bridgehead atoms. The molecule has 0 heterocycles. The highest BCUT2D eigenvalue weighted by atomic mass is 16.5. The molecule has 0 unspecified atom stereocenters. The summed E-state index contributed by atoms with van der Waals surface area (Å²) in [5.41, 5.74) is 0.949. The first-order valence-electron chi connectivity index (χ1n) is 6.69. The molecule has 110 valence electrons. The minimum Gasteiger partial charge on any atom is -0.461 e. The Balaban J connectivity index is 2.16. The lowest BCUT2D eigenvalue weighted by atomic mass is 10.2. The topological polar surface area (TPSA) is 64.6 Å². The SMILES string of the molecule is CCC(=O)NCO[C@@H](C)CC(=O)OCc1ccccc1. The van der Waals surface area contributed by atoms with E-state index in [9.17, 15) is 9.59 Å². The van der Waals surface area contributed by atoms with Crippen molar-refractivity contribution in [1.82, 2.24) is 5.32 Å². The molecule has 20 heavy (non-hydrogen) atoms. The summed E-state index contributed by atoms with van der Waals surface area (Å²) in [5, 5.41) is 2.58. The first-order chi connectivity index (χ1) is 9.61. The van der Waals surface area contributed by atoms with Crippen LogP contribution in [0, 0.1) is 0 Å². The normalized spacial score (nSPS) is 11.7. The number of carbonyl (C=O) groups excluding carboxylic acids is 2. The number of esters is 1. The first kappa shape index (κ1) is 16.2. The summed E-state index contributed by atoms with van der Waals surface area (Å²) in [7, 11) is 0. The molecule has 1 aromatic carbocycles. The molecule has 0 saturated heterocycles. The molecule has 0 aliphatic heterocycles. The van der Waals surface area contributed by atoms with Gasteiger partial charge in [-0.3, -0.25) is 9.59 Å². The molecule has 5 nitrogen and oxygen atoms in total. The van der Waals surface area contributed by atoms with E-state index in [2.05, 4.69) is 5.32 Å². The maximum absolute atomic E-state index is 11.6. The van der Waals surface area contributed by atoms with E-state index in [4.69, 9.17) is 9.47 Å². The molecule has 1 N–H and O–H groups in total. The van der Waals surface area contributed by atoms with Crippen molar-refractivity contribution in [2.75, 3.05) is 6.73 Å². The van der Waals surface area contributed by atoms with Gasteiger partial charge in [-0.05, 0) is 12.5 Å². The fourth-order valence-electron chi connectivity index (χ4n) is 1.48. The second kappa shape index (κ2) is 9.09. The molecule has 1 aromatic rings. The van der Waals surface area contributed by atoms with Crippen LogP contribution >= 0.6 is 0 Å². The number of ether oxygens (including phenoxy) is 2. The summed E-state index contributed by atoms with van der Waals surface area (Å²) < 4.78 is 10.4. The van der Waals surface area contributed by atoms with Crippen LogP contribution in [-0.2, 0) is 25.7 Å². The number of carbonyl (C=O) groups is 2. The van der Waals surface area contributed by atoms with Gasteiger partial charge in [-0.15, -0.1) is 0 Å². The number of benzene rings is 1. The Kier molecular flexibility index (Phi) is 7.35. The van der Waals surface area contributed by atoms with Crippen molar-refractivity contribution in [2.45, 2.75) is 39.4 Å². The highest BCUT2D eigenvalue weighted by Gasteiger charge is 2.11. The fraction of sp³-hybridized carbons (Fsp3) is 0.467. The number of hydrogen-bond acceptors (Lipinski definition) is 4. The maximum Gasteiger partial charge on any atom is 0.308 e. The summed E-state index contributed by atoms with van der Waals surface area (Å²) in [6.07, 6.45) is 0.279. The van der Waals surface area contributed by atoms with E-state index >= 15 is 0 Å². The Hall–Kier alpha value is -1.88. The van der Waals surface area contributed by atoms with Gasteiger partial charge in [-0.25, -0.2) is 0 Å². The zero-order chi connectivity index (χ0) is 14.8. The lowest BCUT2D eigenvalue weighted by Gasteiger charge is -2.13. The van der Waals surface area contributed by atoms with Crippen LogP contribution in [0.5, 0.6) is 0 Å². The van der Waals surface area contributed by atoms with Crippen molar-refractivity contribution >= 4 is 11.9 Å². The second-order valence-electron chi connectivity index (χ2n) is 4.43. The van der Waals surface area contributed by atoms with Gasteiger partial charge in [0.15, 0.2) is 0 Å². The van der Waals surface area contributed by atoms with Gasteiger partial charge in [-0.1, -0.05) is 37.3 Å². The standard InChI is InChI=1S/C15H21NO4/c1-3-14(17)16-11-20-12(2)9-15(18)19-10-13-7-5-4-6-8-13/h4-8,12H,3,9-11H2,1-2H3,(H,16,17)/t12-/m0/s1. The monoisotopic (exact) mass is 279 g/mol. The Bertz CT molecular complexity index is 419. The van der Waals surface area contributed by atoms with E-state index in [0.717, 1.165) is 5.56 Å². The van der Waals surface area contributed by atoms with Gasteiger partial charge < -0.3 is 14.8 Å². The number of amides is 1. The molecule has 1 rings (SSSR count). The third-order valence-electron chi connectivity index (χ3n) is 2.66. The molecule has 0 spiro atoms. The molecular formula is C15H21NO4. The van der Waals surface area contributed by atoms with Gasteiger partial charge >= 0.3 is 5.97 Å². The molecule has 5 heteroatoms. The van der Waals surface area contributed by atoms with E-state index < -0.39 is 0 Å². The highest BCUT2D eigenvalue weighted by molar-refractivity contribution is 5.75. The molecule has 0 saturated carbocycles. The lowest BCUT2D eigenvalue weighted by Crippen LogP contribution is -2.28. The third-order valence-corrected chi connectivity index (χ3v) is 2.66. The molecule has 0 fully saturated rings. The van der Waals surface area contributed by atoms with Gasteiger partial charge in [0.05, 0.1) is 12.5 Å². The minimum absolute atomic E-state index is 0.0798. The Labute approximate surface area is 119 Å². The average molecular weight is 279 g/mol. The van der Waals surface area contributed by atoms with Gasteiger partial charge in [0.1, 0.15) is 13.3 Å². The Morgan fingerprint density at radius 2 is 1.95 bits per heavy atom. The van der Waals surface area contributed by atoms with Gasteiger partial charge in [-0.2, -0.15) is 0 Å². The van der Waals surface area contributed by atoms with Crippen molar-refractivity contribution in [1.29, 1.82) is 0 Å². The molecule has 0 aromatic heterocycles. The zero-order valence-corrected chi connectivity index (χ0v) is 11.9. The summed E-state index contributed by atoms with van der Waals surface area (Å²) in [6, 6.07) is 9.49. The van der Waals surface area contributed by atoms with Crippen LogP contribution in [0.1, 0.15) is 32.3 Å². The quantitative estimate of drug-likeness (QED) is 0.584. The predicted octanol–water partition coefficient (Wildman–Crippen LogP) is 2.01. The van der Waals surface area contributed by atoms with E-state index in [0.29, 0.717) is 6.42 Å². The highest BCUT2D eigenvalue weighted by Crippen LogP contribution is 2.04. The van der Waals surface area contributed by atoms with Crippen molar-refractivity contribution in [3.8, 4) is 0 Å². The fourth-order valence-corrected chi connectivity index (χ4v) is 1.48. The molecule has 0 radical (unpaired) electrons. The maximum atomic E-state index is 11.6. The Morgan fingerprint density at radius 1 is 1.25 bits per heavy atom.